The number of nitrogens with zero attached hydrogens (tertiary/aromatic N) is 2. The number of carbonyl (C=O) groups is 4. The number of hydrogen-bond acceptors (Lipinski definition) is 5. The third-order valence-corrected chi connectivity index (χ3v) is 5.00. The van der Waals surface area contributed by atoms with Crippen LogP contribution in [0.15, 0.2) is 54.6 Å². The van der Waals surface area contributed by atoms with Gasteiger partial charge in [-0.15, -0.1) is 0 Å². The standard InChI is InChI=1S/C24H24N2O5/c1-5-25(13-15(2)3)21(27)14-31-24(30)17-10-11-18-19(12-17)23(29)26(22(18)28)20-9-7-6-8-16(20)4/h6-12H,2,5,13-14H2,1,3-4H3. The van der Waals surface area contributed by atoms with E-state index in [0.29, 0.717) is 18.8 Å². The number of para-hydroxylation sites is 1. The molecule has 7 nitrogen and oxygen atoms in total. The molecule has 160 valence electrons. The number of carbonyl (C=O) groups excluding carboxylic acids is 4. The van der Waals surface area contributed by atoms with Crippen LogP contribution in [-0.4, -0.2) is 48.3 Å². The van der Waals surface area contributed by atoms with Crippen LogP contribution in [0, 0.1) is 6.92 Å². The molecule has 0 saturated heterocycles. The highest BCUT2D eigenvalue weighted by molar-refractivity contribution is 6.34. The number of anilines is 1. The van der Waals surface area contributed by atoms with E-state index in [1.807, 2.05) is 32.9 Å². The fraction of sp³-hybridized carbons (Fsp3) is 0.250. The number of likely N-dealkylation sites (N-methyl/N-ethyl adjacent to an activating group) is 1. The molecule has 0 radical (unpaired) electrons. The first kappa shape index (κ1) is 22.0. The van der Waals surface area contributed by atoms with Crippen molar-refractivity contribution in [2.24, 2.45) is 0 Å². The van der Waals surface area contributed by atoms with Gasteiger partial charge in [0, 0.05) is 13.1 Å². The summed E-state index contributed by atoms with van der Waals surface area (Å²) in [6.07, 6.45) is 0. The maximum absolute atomic E-state index is 12.9. The van der Waals surface area contributed by atoms with E-state index in [1.165, 1.54) is 23.1 Å². The summed E-state index contributed by atoms with van der Waals surface area (Å²) in [4.78, 5) is 53.1. The van der Waals surface area contributed by atoms with E-state index in [2.05, 4.69) is 6.58 Å². The zero-order valence-corrected chi connectivity index (χ0v) is 17.8. The van der Waals surface area contributed by atoms with Crippen molar-refractivity contribution in [1.29, 1.82) is 0 Å². The second-order valence-electron chi connectivity index (χ2n) is 7.43. The zero-order chi connectivity index (χ0) is 22.7. The van der Waals surface area contributed by atoms with Crippen LogP contribution < -0.4 is 4.90 Å². The largest absolute Gasteiger partial charge is 0.452 e. The van der Waals surface area contributed by atoms with E-state index in [1.54, 1.807) is 12.1 Å². The van der Waals surface area contributed by atoms with Gasteiger partial charge in [-0.3, -0.25) is 14.4 Å². The topological polar surface area (TPSA) is 84.0 Å². The first-order valence-corrected chi connectivity index (χ1v) is 9.92. The summed E-state index contributed by atoms with van der Waals surface area (Å²) in [6.45, 7) is 9.66. The quantitative estimate of drug-likeness (QED) is 0.390. The van der Waals surface area contributed by atoms with Gasteiger partial charge in [0.2, 0.25) is 0 Å². The third-order valence-electron chi connectivity index (χ3n) is 5.00. The molecule has 0 aromatic heterocycles. The average Bonchev–Trinajstić information content (AvgIpc) is 3.00. The van der Waals surface area contributed by atoms with E-state index in [9.17, 15) is 19.2 Å². The van der Waals surface area contributed by atoms with Crippen LogP contribution in [0.5, 0.6) is 0 Å². The van der Waals surface area contributed by atoms with Crippen molar-refractivity contribution in [2.75, 3.05) is 24.6 Å². The van der Waals surface area contributed by atoms with Crippen molar-refractivity contribution >= 4 is 29.4 Å². The lowest BCUT2D eigenvalue weighted by Gasteiger charge is -2.20. The molecule has 0 saturated carbocycles. The molecule has 0 fully saturated rings. The Hall–Kier alpha value is -3.74. The van der Waals surface area contributed by atoms with Gasteiger partial charge in [0.15, 0.2) is 6.61 Å². The predicted octanol–water partition coefficient (Wildman–Crippen LogP) is 3.38. The van der Waals surface area contributed by atoms with Crippen LogP contribution in [0.4, 0.5) is 5.69 Å². The van der Waals surface area contributed by atoms with Crippen molar-refractivity contribution in [3.8, 4) is 0 Å². The molecular weight excluding hydrogens is 396 g/mol. The first-order valence-electron chi connectivity index (χ1n) is 9.92. The maximum atomic E-state index is 12.9. The van der Waals surface area contributed by atoms with E-state index < -0.39 is 24.4 Å². The molecule has 0 spiro atoms. The second kappa shape index (κ2) is 8.95. The number of esters is 1. The smallest absolute Gasteiger partial charge is 0.338 e. The van der Waals surface area contributed by atoms with Crippen LogP contribution in [0.25, 0.3) is 0 Å². The molecule has 7 heteroatoms. The van der Waals surface area contributed by atoms with Gasteiger partial charge in [0.05, 0.1) is 22.4 Å². The number of rotatable bonds is 7. The van der Waals surface area contributed by atoms with Crippen molar-refractivity contribution in [2.45, 2.75) is 20.8 Å². The molecule has 2 aromatic rings. The Morgan fingerprint density at radius 3 is 2.39 bits per heavy atom. The fourth-order valence-corrected chi connectivity index (χ4v) is 3.40. The molecule has 31 heavy (non-hydrogen) atoms. The minimum absolute atomic E-state index is 0.0993. The molecule has 0 N–H and O–H groups in total. The Kier molecular flexibility index (Phi) is 6.34. The van der Waals surface area contributed by atoms with Gasteiger partial charge in [-0.05, 0) is 50.6 Å². The minimum Gasteiger partial charge on any atom is -0.452 e. The molecule has 2 aromatic carbocycles. The van der Waals surface area contributed by atoms with Crippen LogP contribution in [-0.2, 0) is 9.53 Å². The summed E-state index contributed by atoms with van der Waals surface area (Å²) in [5.41, 5.74) is 2.56. The molecule has 0 bridgehead atoms. The summed E-state index contributed by atoms with van der Waals surface area (Å²) in [5.74, 6) is -2.02. The highest BCUT2D eigenvalue weighted by Crippen LogP contribution is 2.31. The number of fused-ring (bicyclic) bond motifs is 1. The molecule has 1 aliphatic heterocycles. The lowest BCUT2D eigenvalue weighted by Crippen LogP contribution is -2.35. The highest BCUT2D eigenvalue weighted by Gasteiger charge is 2.37. The summed E-state index contributed by atoms with van der Waals surface area (Å²) in [5, 5.41) is 0. The average molecular weight is 420 g/mol. The van der Waals surface area contributed by atoms with Gasteiger partial charge in [-0.1, -0.05) is 30.4 Å². The lowest BCUT2D eigenvalue weighted by atomic mass is 10.1. The molecule has 3 amide bonds. The highest BCUT2D eigenvalue weighted by atomic mass is 16.5. The van der Waals surface area contributed by atoms with Gasteiger partial charge in [0.25, 0.3) is 17.7 Å². The monoisotopic (exact) mass is 420 g/mol. The number of amides is 3. The molecule has 1 aliphatic rings. The molecule has 0 atom stereocenters. The minimum atomic E-state index is -0.739. The summed E-state index contributed by atoms with van der Waals surface area (Å²) >= 11 is 0. The first-order chi connectivity index (χ1) is 14.7. The van der Waals surface area contributed by atoms with Crippen molar-refractivity contribution < 1.29 is 23.9 Å². The Bertz CT molecular complexity index is 1090. The number of hydrogen-bond donors (Lipinski definition) is 0. The van der Waals surface area contributed by atoms with E-state index in [-0.39, 0.29) is 22.6 Å². The Morgan fingerprint density at radius 1 is 1.06 bits per heavy atom. The normalized spacial score (nSPS) is 12.5. The van der Waals surface area contributed by atoms with Crippen LogP contribution in [0.3, 0.4) is 0 Å². The predicted molar refractivity (Wildman–Crippen MR) is 116 cm³/mol. The third kappa shape index (κ3) is 4.40. The van der Waals surface area contributed by atoms with Gasteiger partial charge < -0.3 is 9.64 Å². The van der Waals surface area contributed by atoms with Gasteiger partial charge in [-0.25, -0.2) is 9.69 Å². The Labute approximate surface area is 180 Å². The Balaban J connectivity index is 1.76. The molecule has 0 aliphatic carbocycles. The molecule has 0 unspecified atom stereocenters. The number of ether oxygens (including phenoxy) is 1. The zero-order valence-electron chi connectivity index (χ0n) is 17.8. The number of aryl methyl sites for hydroxylation is 1. The maximum Gasteiger partial charge on any atom is 0.338 e. The van der Waals surface area contributed by atoms with Crippen molar-refractivity contribution in [3.63, 3.8) is 0 Å². The SMILES string of the molecule is C=C(C)CN(CC)C(=O)COC(=O)c1ccc2c(c1)C(=O)N(c1ccccc1C)C2=O. The summed E-state index contributed by atoms with van der Waals surface area (Å²) in [7, 11) is 0. The van der Waals surface area contributed by atoms with Crippen molar-refractivity contribution in [3.05, 3.63) is 76.9 Å². The molecule has 3 rings (SSSR count). The van der Waals surface area contributed by atoms with Gasteiger partial charge >= 0.3 is 5.97 Å². The van der Waals surface area contributed by atoms with Crippen LogP contribution in [0.2, 0.25) is 0 Å². The number of benzene rings is 2. The summed E-state index contributed by atoms with van der Waals surface area (Å²) in [6, 6.07) is 11.3. The summed E-state index contributed by atoms with van der Waals surface area (Å²) < 4.78 is 5.14. The second-order valence-corrected chi connectivity index (χ2v) is 7.43. The fourth-order valence-electron chi connectivity index (χ4n) is 3.40. The van der Waals surface area contributed by atoms with E-state index in [4.69, 9.17) is 4.74 Å². The van der Waals surface area contributed by atoms with Gasteiger partial charge in [-0.2, -0.15) is 0 Å². The van der Waals surface area contributed by atoms with Crippen LogP contribution in [0.1, 0.15) is 50.5 Å². The molecule has 1 heterocycles. The van der Waals surface area contributed by atoms with Gasteiger partial charge in [0.1, 0.15) is 0 Å². The van der Waals surface area contributed by atoms with Crippen molar-refractivity contribution in [1.82, 2.24) is 4.90 Å². The molecular formula is C24H24N2O5. The number of imide groups is 1. The Morgan fingerprint density at radius 2 is 1.74 bits per heavy atom. The lowest BCUT2D eigenvalue weighted by molar-refractivity contribution is -0.133. The van der Waals surface area contributed by atoms with Crippen LogP contribution >= 0.6 is 0 Å². The van der Waals surface area contributed by atoms with E-state index in [0.717, 1.165) is 16.0 Å². The van der Waals surface area contributed by atoms with E-state index >= 15 is 0 Å².